The van der Waals surface area contributed by atoms with Gasteiger partial charge in [0.2, 0.25) is 15.8 Å². The topological polar surface area (TPSA) is 63.7 Å². The Balaban J connectivity index is 1.33. The van der Waals surface area contributed by atoms with Gasteiger partial charge in [-0.05, 0) is 94.6 Å². The first-order valence-electron chi connectivity index (χ1n) is 13.2. The zero-order valence-corrected chi connectivity index (χ0v) is 25.4. The largest absolute Gasteiger partial charge is 0.489 e. The highest BCUT2D eigenvalue weighted by atomic mass is 35.5. The molecule has 5 nitrogen and oxygen atoms in total. The molecule has 3 aromatic carbocycles. The van der Waals surface area contributed by atoms with Gasteiger partial charge in [0.05, 0.1) is 6.26 Å². The smallest absolute Gasteiger partial charge is 0.235 e. The summed E-state index contributed by atoms with van der Waals surface area (Å²) < 4.78 is 31.0. The van der Waals surface area contributed by atoms with Crippen molar-refractivity contribution in [3.63, 3.8) is 0 Å². The molecule has 0 heterocycles. The van der Waals surface area contributed by atoms with Crippen molar-refractivity contribution in [3.8, 4) is 17.6 Å². The predicted molar refractivity (Wildman–Crippen MR) is 168 cm³/mol. The number of carbonyl (C=O) groups is 1. The quantitative estimate of drug-likeness (QED) is 0.136. The highest BCUT2D eigenvalue weighted by molar-refractivity contribution is 7.88. The molecule has 0 N–H and O–H groups in total. The number of carbonyl (C=O) groups excluding carboxylic acids is 1. The molecule has 41 heavy (non-hydrogen) atoms. The summed E-state index contributed by atoms with van der Waals surface area (Å²) in [5.74, 6) is 5.86. The Kier molecular flexibility index (Phi) is 10.1. The lowest BCUT2D eigenvalue weighted by molar-refractivity contribution is 0.105. The predicted octanol–water partition coefficient (Wildman–Crippen LogP) is 7.47. The molecule has 0 saturated heterocycles. The minimum atomic E-state index is -3.28. The molecule has 0 atom stereocenters. The Morgan fingerprint density at radius 3 is 2.41 bits per heavy atom. The lowest BCUT2D eigenvalue weighted by atomic mass is 10.0. The van der Waals surface area contributed by atoms with Crippen LogP contribution in [0.2, 0.25) is 10.0 Å². The molecule has 0 saturated carbocycles. The van der Waals surface area contributed by atoms with Crippen LogP contribution in [-0.4, -0.2) is 37.9 Å². The Labute approximate surface area is 252 Å². The Morgan fingerprint density at radius 1 is 1.05 bits per heavy atom. The van der Waals surface area contributed by atoms with E-state index in [2.05, 4.69) is 24.5 Å². The number of sulfonamides is 1. The van der Waals surface area contributed by atoms with Crippen LogP contribution >= 0.6 is 23.2 Å². The maximum absolute atomic E-state index is 12.5. The molecule has 0 amide bonds. The van der Waals surface area contributed by atoms with E-state index >= 15 is 0 Å². The molecule has 1 aliphatic rings. The maximum atomic E-state index is 12.5. The summed E-state index contributed by atoms with van der Waals surface area (Å²) in [6.45, 7) is 7.25. The summed E-state index contributed by atoms with van der Waals surface area (Å²) in [5.41, 5.74) is 6.64. The van der Waals surface area contributed by atoms with Gasteiger partial charge in [-0.15, -0.1) is 0 Å². The molecule has 0 bridgehead atoms. The fourth-order valence-corrected chi connectivity index (χ4v) is 6.07. The third kappa shape index (κ3) is 8.34. The van der Waals surface area contributed by atoms with E-state index in [-0.39, 0.29) is 12.3 Å². The summed E-state index contributed by atoms with van der Waals surface area (Å²) in [5, 5.41) is 1.18. The van der Waals surface area contributed by atoms with Gasteiger partial charge in [0.1, 0.15) is 12.4 Å². The fraction of sp³-hybridized carbons (Fsp3) is 0.242. The van der Waals surface area contributed by atoms with Crippen LogP contribution < -0.4 is 4.74 Å². The van der Waals surface area contributed by atoms with Crippen LogP contribution in [0.5, 0.6) is 5.75 Å². The summed E-state index contributed by atoms with van der Waals surface area (Å²) >= 11 is 12.3. The van der Waals surface area contributed by atoms with Gasteiger partial charge in [-0.3, -0.25) is 4.79 Å². The molecule has 0 aromatic heterocycles. The zero-order chi connectivity index (χ0) is 29.6. The van der Waals surface area contributed by atoms with E-state index in [0.717, 1.165) is 52.0 Å². The lowest BCUT2D eigenvalue weighted by Gasteiger charge is -2.17. The number of hydrogen-bond donors (Lipinski definition) is 0. The van der Waals surface area contributed by atoms with Gasteiger partial charge in [0.25, 0.3) is 0 Å². The first-order valence-corrected chi connectivity index (χ1v) is 15.8. The van der Waals surface area contributed by atoms with Gasteiger partial charge < -0.3 is 4.74 Å². The van der Waals surface area contributed by atoms with Gasteiger partial charge >= 0.3 is 0 Å². The molecule has 0 unspecified atom stereocenters. The number of benzene rings is 3. The van der Waals surface area contributed by atoms with Crippen molar-refractivity contribution >= 4 is 50.7 Å². The molecule has 0 fully saturated rings. The number of Topliss-reactive ketones (excluding diaryl/α,β-unsaturated/α-hetero) is 1. The van der Waals surface area contributed by atoms with Gasteiger partial charge in [-0.2, -0.15) is 0 Å². The minimum absolute atomic E-state index is 0.272. The van der Waals surface area contributed by atoms with Crippen LogP contribution in [0.25, 0.3) is 11.6 Å². The van der Waals surface area contributed by atoms with Crippen molar-refractivity contribution in [1.29, 1.82) is 0 Å². The van der Waals surface area contributed by atoms with Gasteiger partial charge in [-0.25, -0.2) is 12.7 Å². The third-order valence-electron chi connectivity index (χ3n) is 6.65. The minimum Gasteiger partial charge on any atom is -0.489 e. The number of hydrogen-bond acceptors (Lipinski definition) is 4. The number of nitrogens with zero attached hydrogens (tertiary/aromatic N) is 1. The number of ether oxygens (including phenoxy) is 1. The van der Waals surface area contributed by atoms with Crippen molar-refractivity contribution in [3.05, 3.63) is 111 Å². The Hall–Kier alpha value is -3.34. The second-order valence-electron chi connectivity index (χ2n) is 9.88. The molecule has 4 rings (SSSR count). The highest BCUT2D eigenvalue weighted by Crippen LogP contribution is 2.38. The second-order valence-corrected chi connectivity index (χ2v) is 12.7. The van der Waals surface area contributed by atoms with Crippen molar-refractivity contribution in [2.24, 2.45) is 0 Å². The average Bonchev–Trinajstić information content (AvgIpc) is 3.22. The van der Waals surface area contributed by atoms with E-state index < -0.39 is 10.0 Å². The van der Waals surface area contributed by atoms with Crippen LogP contribution in [0.4, 0.5) is 0 Å². The van der Waals surface area contributed by atoms with E-state index in [1.54, 1.807) is 18.2 Å². The summed E-state index contributed by atoms with van der Waals surface area (Å²) in [7, 11) is -3.28. The standard InChI is InChI=1S/C33H31Cl2NO4S/c1-4-14-36(41(3,38)39)15-6-5-7-33(37)26-10-8-24(9-11-26)22-40-31-12-13-32-23(2)27(19-28(32)20-31)16-25-17-29(34)21-30(35)18-25/h8-13,16-18,20-21H,2,4,6,14-15,19,22H2,1,3H3/b27-16+. The van der Waals surface area contributed by atoms with Gasteiger partial charge in [0, 0.05) is 35.1 Å². The monoisotopic (exact) mass is 607 g/mol. The SMILES string of the molecule is C=C1/C(=C/c2cc(Cl)cc(Cl)c2)Cc2cc(OCc3ccc(C(=O)C#CCCN(CCC)S(C)(=O)=O)cc3)ccc21. The molecule has 0 spiro atoms. The van der Waals surface area contributed by atoms with Crippen molar-refractivity contribution in [1.82, 2.24) is 4.31 Å². The normalized spacial score (nSPS) is 13.7. The van der Waals surface area contributed by atoms with Crippen molar-refractivity contribution < 1.29 is 17.9 Å². The highest BCUT2D eigenvalue weighted by Gasteiger charge is 2.20. The second kappa shape index (κ2) is 13.5. The van der Waals surface area contributed by atoms with Crippen LogP contribution in [0.15, 0.2) is 72.8 Å². The third-order valence-corrected chi connectivity index (χ3v) is 8.39. The Bertz CT molecular complexity index is 1650. The molecule has 8 heteroatoms. The van der Waals surface area contributed by atoms with E-state index in [1.807, 2.05) is 49.4 Å². The van der Waals surface area contributed by atoms with Gasteiger partial charge in [0.15, 0.2) is 0 Å². The number of fused-ring (bicyclic) bond motifs is 1. The van der Waals surface area contributed by atoms with Crippen molar-refractivity contribution in [2.45, 2.75) is 32.8 Å². The average molecular weight is 609 g/mol. The van der Waals surface area contributed by atoms with E-state index in [4.69, 9.17) is 27.9 Å². The van der Waals surface area contributed by atoms with E-state index in [1.165, 1.54) is 10.6 Å². The van der Waals surface area contributed by atoms with Crippen LogP contribution in [0.1, 0.15) is 52.4 Å². The number of halogens is 2. The van der Waals surface area contributed by atoms with Crippen LogP contribution in [-0.2, 0) is 23.1 Å². The van der Waals surface area contributed by atoms with Crippen LogP contribution in [0.3, 0.4) is 0 Å². The maximum Gasteiger partial charge on any atom is 0.235 e. The zero-order valence-electron chi connectivity index (χ0n) is 23.0. The molecule has 1 aliphatic carbocycles. The molecular formula is C33H31Cl2NO4S. The molecular weight excluding hydrogens is 577 g/mol. The van der Waals surface area contributed by atoms with E-state index in [0.29, 0.717) is 35.2 Å². The van der Waals surface area contributed by atoms with Crippen LogP contribution in [0, 0.1) is 11.8 Å². The molecule has 3 aromatic rings. The summed E-state index contributed by atoms with van der Waals surface area (Å²) in [6.07, 6.45) is 4.99. The first-order chi connectivity index (χ1) is 19.5. The molecule has 0 radical (unpaired) electrons. The number of allylic oxidation sites excluding steroid dienone is 2. The summed E-state index contributed by atoms with van der Waals surface area (Å²) in [4.78, 5) is 12.5. The molecule has 212 valence electrons. The van der Waals surface area contributed by atoms with Crippen molar-refractivity contribution in [2.75, 3.05) is 19.3 Å². The number of ketones is 1. The van der Waals surface area contributed by atoms with Gasteiger partial charge in [-0.1, -0.05) is 66.9 Å². The lowest BCUT2D eigenvalue weighted by Crippen LogP contribution is -2.31. The Morgan fingerprint density at radius 2 is 1.76 bits per heavy atom. The number of rotatable bonds is 10. The fourth-order valence-electron chi connectivity index (χ4n) is 4.59. The first kappa shape index (κ1) is 30.6. The summed E-state index contributed by atoms with van der Waals surface area (Å²) in [6, 6.07) is 18.6. The molecule has 0 aliphatic heterocycles. The van der Waals surface area contributed by atoms with E-state index in [9.17, 15) is 13.2 Å².